The third-order valence-corrected chi connectivity index (χ3v) is 5.02. The van der Waals surface area contributed by atoms with Crippen molar-refractivity contribution in [2.75, 3.05) is 6.54 Å². The first kappa shape index (κ1) is 18.7. The molecule has 0 bridgehead atoms. The smallest absolute Gasteiger partial charge is 0.307 e. The van der Waals surface area contributed by atoms with E-state index in [-0.39, 0.29) is 29.8 Å². The van der Waals surface area contributed by atoms with Gasteiger partial charge in [-0.25, -0.2) is 13.1 Å². The van der Waals surface area contributed by atoms with Gasteiger partial charge in [0.15, 0.2) is 6.10 Å². The van der Waals surface area contributed by atoms with Crippen molar-refractivity contribution in [2.24, 2.45) is 0 Å². The first-order valence-corrected chi connectivity index (χ1v) is 9.39. The van der Waals surface area contributed by atoms with Crippen LogP contribution in [-0.4, -0.2) is 39.0 Å². The van der Waals surface area contributed by atoms with Crippen LogP contribution >= 0.6 is 11.6 Å². The monoisotopic (exact) mass is 374 g/mol. The van der Waals surface area contributed by atoms with E-state index in [9.17, 15) is 18.0 Å². The summed E-state index contributed by atoms with van der Waals surface area (Å²) in [6.07, 6.45) is 0.804. The highest BCUT2D eigenvalue weighted by Crippen LogP contribution is 2.19. The van der Waals surface area contributed by atoms with Gasteiger partial charge in [-0.3, -0.25) is 9.59 Å². The molecule has 1 amide bonds. The molecule has 1 aliphatic rings. The van der Waals surface area contributed by atoms with Crippen LogP contribution in [-0.2, 0) is 24.3 Å². The van der Waals surface area contributed by atoms with Gasteiger partial charge in [-0.1, -0.05) is 17.7 Å². The third-order valence-electron chi connectivity index (χ3n) is 3.33. The van der Waals surface area contributed by atoms with E-state index in [0.29, 0.717) is 5.02 Å². The number of hydrogen-bond acceptors (Lipinski definition) is 5. The van der Waals surface area contributed by atoms with Crippen molar-refractivity contribution < 1.29 is 22.7 Å². The van der Waals surface area contributed by atoms with Gasteiger partial charge in [0.2, 0.25) is 10.0 Å². The second-order valence-corrected chi connectivity index (χ2v) is 7.72. The molecule has 1 fully saturated rings. The minimum atomic E-state index is -3.75. The molecular formula is C15H19ClN2O5S. The summed E-state index contributed by atoms with van der Waals surface area (Å²) in [6.45, 7) is 1.34. The number of nitrogens with one attached hydrogen (secondary N) is 2. The summed E-state index contributed by atoms with van der Waals surface area (Å²) in [5, 5.41) is 3.02. The number of rotatable bonds is 8. The minimum absolute atomic E-state index is 0.0144. The average molecular weight is 375 g/mol. The number of carbonyl (C=O) groups is 2. The molecule has 1 aromatic rings. The summed E-state index contributed by atoms with van der Waals surface area (Å²) in [6, 6.07) is 5.98. The van der Waals surface area contributed by atoms with Crippen LogP contribution in [0.25, 0.3) is 0 Å². The lowest BCUT2D eigenvalue weighted by Crippen LogP contribution is -2.37. The van der Waals surface area contributed by atoms with Crippen LogP contribution in [0, 0.1) is 0 Å². The number of sulfonamides is 1. The van der Waals surface area contributed by atoms with Crippen molar-refractivity contribution >= 4 is 33.5 Å². The van der Waals surface area contributed by atoms with Crippen LogP contribution in [0.3, 0.4) is 0 Å². The van der Waals surface area contributed by atoms with E-state index in [1.807, 2.05) is 0 Å². The summed E-state index contributed by atoms with van der Waals surface area (Å²) in [7, 11) is -3.75. The molecule has 0 aromatic heterocycles. The molecule has 1 aliphatic carbocycles. The molecule has 9 heteroatoms. The van der Waals surface area contributed by atoms with Gasteiger partial charge in [-0.15, -0.1) is 0 Å². The van der Waals surface area contributed by atoms with E-state index in [1.54, 1.807) is 6.07 Å². The lowest BCUT2D eigenvalue weighted by molar-refractivity contribution is -0.154. The predicted molar refractivity (Wildman–Crippen MR) is 88.0 cm³/mol. The maximum Gasteiger partial charge on any atom is 0.307 e. The van der Waals surface area contributed by atoms with Crippen molar-refractivity contribution in [2.45, 2.75) is 43.2 Å². The number of esters is 1. The van der Waals surface area contributed by atoms with Gasteiger partial charge in [0.05, 0.1) is 11.3 Å². The molecule has 24 heavy (non-hydrogen) atoms. The standard InChI is InChI=1S/C15H19ClN2O5S/c1-10(15(20)18-12-5-6-12)23-14(19)7-8-17-24(21,22)13-4-2-3-11(16)9-13/h2-4,9-10,12,17H,5-8H2,1H3,(H,18,20). The molecule has 1 atom stereocenters. The molecule has 132 valence electrons. The van der Waals surface area contributed by atoms with Crippen molar-refractivity contribution in [1.29, 1.82) is 0 Å². The normalized spacial score (nSPS) is 15.6. The van der Waals surface area contributed by atoms with Gasteiger partial charge in [0, 0.05) is 17.6 Å². The molecule has 2 N–H and O–H groups in total. The van der Waals surface area contributed by atoms with Gasteiger partial charge >= 0.3 is 5.97 Å². The Morgan fingerprint density at radius 1 is 1.38 bits per heavy atom. The van der Waals surface area contributed by atoms with E-state index in [4.69, 9.17) is 16.3 Å². The maximum absolute atomic E-state index is 12.0. The zero-order valence-corrected chi connectivity index (χ0v) is 14.7. The third kappa shape index (κ3) is 5.77. The fourth-order valence-corrected chi connectivity index (χ4v) is 3.19. The van der Waals surface area contributed by atoms with Gasteiger partial charge in [0.25, 0.3) is 5.91 Å². The van der Waals surface area contributed by atoms with Gasteiger partial charge in [-0.2, -0.15) is 0 Å². The highest BCUT2D eigenvalue weighted by Gasteiger charge is 2.27. The molecule has 0 aliphatic heterocycles. The molecule has 1 saturated carbocycles. The van der Waals surface area contributed by atoms with Crippen LogP contribution in [0.5, 0.6) is 0 Å². The minimum Gasteiger partial charge on any atom is -0.453 e. The molecule has 0 saturated heterocycles. The summed E-state index contributed by atoms with van der Waals surface area (Å²) in [5.41, 5.74) is 0. The highest BCUT2D eigenvalue weighted by atomic mass is 35.5. The topological polar surface area (TPSA) is 102 Å². The summed E-state index contributed by atoms with van der Waals surface area (Å²) in [5.74, 6) is -0.993. The highest BCUT2D eigenvalue weighted by molar-refractivity contribution is 7.89. The maximum atomic E-state index is 12.0. The molecule has 0 radical (unpaired) electrons. The molecule has 2 rings (SSSR count). The van der Waals surface area contributed by atoms with E-state index >= 15 is 0 Å². The second-order valence-electron chi connectivity index (χ2n) is 5.52. The van der Waals surface area contributed by atoms with Crippen LogP contribution < -0.4 is 10.0 Å². The fourth-order valence-electron chi connectivity index (χ4n) is 1.86. The average Bonchev–Trinajstić information content (AvgIpc) is 3.30. The van der Waals surface area contributed by atoms with Crippen LogP contribution in [0.2, 0.25) is 5.02 Å². The Morgan fingerprint density at radius 2 is 2.08 bits per heavy atom. The van der Waals surface area contributed by atoms with Gasteiger partial charge in [-0.05, 0) is 38.0 Å². The van der Waals surface area contributed by atoms with E-state index < -0.39 is 22.1 Å². The predicted octanol–water partition coefficient (Wildman–Crippen LogP) is 1.22. The molecule has 0 spiro atoms. The number of benzene rings is 1. The number of ether oxygens (including phenoxy) is 1. The Hall–Kier alpha value is -1.64. The van der Waals surface area contributed by atoms with Crippen molar-refractivity contribution in [1.82, 2.24) is 10.0 Å². The lowest BCUT2D eigenvalue weighted by atomic mass is 10.3. The SMILES string of the molecule is CC(OC(=O)CCNS(=O)(=O)c1cccc(Cl)c1)C(=O)NC1CC1. The summed E-state index contributed by atoms with van der Waals surface area (Å²) >= 11 is 5.76. The summed E-state index contributed by atoms with van der Waals surface area (Å²) in [4.78, 5) is 23.4. The first-order valence-electron chi connectivity index (χ1n) is 7.53. The van der Waals surface area contributed by atoms with E-state index in [1.165, 1.54) is 25.1 Å². The van der Waals surface area contributed by atoms with E-state index in [2.05, 4.69) is 10.0 Å². The van der Waals surface area contributed by atoms with Crippen molar-refractivity contribution in [3.05, 3.63) is 29.3 Å². The Labute approximate surface area is 145 Å². The second kappa shape index (κ2) is 7.96. The Balaban J connectivity index is 1.76. The first-order chi connectivity index (χ1) is 11.3. The zero-order valence-electron chi connectivity index (χ0n) is 13.1. The number of halogens is 1. The Morgan fingerprint density at radius 3 is 2.71 bits per heavy atom. The van der Waals surface area contributed by atoms with Gasteiger partial charge < -0.3 is 10.1 Å². The van der Waals surface area contributed by atoms with Crippen LogP contribution in [0.4, 0.5) is 0 Å². The summed E-state index contributed by atoms with van der Waals surface area (Å²) < 4.78 is 31.3. The molecule has 1 aromatic carbocycles. The molecular weight excluding hydrogens is 356 g/mol. The van der Waals surface area contributed by atoms with Crippen molar-refractivity contribution in [3.63, 3.8) is 0 Å². The number of hydrogen-bond donors (Lipinski definition) is 2. The van der Waals surface area contributed by atoms with Crippen molar-refractivity contribution in [3.8, 4) is 0 Å². The lowest BCUT2D eigenvalue weighted by Gasteiger charge is -2.13. The molecule has 7 nitrogen and oxygen atoms in total. The van der Waals surface area contributed by atoms with Gasteiger partial charge in [0.1, 0.15) is 0 Å². The quantitative estimate of drug-likeness (QED) is 0.666. The Kier molecular flexibility index (Phi) is 6.20. The van der Waals surface area contributed by atoms with E-state index in [0.717, 1.165) is 12.8 Å². The van der Waals surface area contributed by atoms with Crippen LogP contribution in [0.15, 0.2) is 29.2 Å². The molecule has 0 heterocycles. The number of carbonyl (C=O) groups excluding carboxylic acids is 2. The Bertz CT molecular complexity index is 718. The molecule has 1 unspecified atom stereocenters. The fraction of sp³-hybridized carbons (Fsp3) is 0.467. The number of amides is 1. The largest absolute Gasteiger partial charge is 0.453 e. The zero-order chi connectivity index (χ0) is 17.7. The van der Waals surface area contributed by atoms with Crippen LogP contribution in [0.1, 0.15) is 26.2 Å².